The van der Waals surface area contributed by atoms with E-state index in [-0.39, 0.29) is 11.9 Å². The summed E-state index contributed by atoms with van der Waals surface area (Å²) in [5.74, 6) is 0.105. The smallest absolute Gasteiger partial charge is 0.255 e. The summed E-state index contributed by atoms with van der Waals surface area (Å²) in [6, 6.07) is 26.7. The number of aromatic amines is 1. The van der Waals surface area contributed by atoms with Crippen LogP contribution in [0.5, 0.6) is 0 Å². The predicted octanol–water partition coefficient (Wildman–Crippen LogP) is 6.59. The molecule has 1 N–H and O–H groups in total. The van der Waals surface area contributed by atoms with Gasteiger partial charge in [-0.1, -0.05) is 80.1 Å². The maximum atomic E-state index is 13.5. The monoisotopic (exact) mass is 438 g/mol. The zero-order valence-corrected chi connectivity index (χ0v) is 19.1. The molecule has 2 heterocycles. The Morgan fingerprint density at radius 2 is 1.61 bits per heavy atom. The van der Waals surface area contributed by atoms with E-state index in [0.29, 0.717) is 13.2 Å². The maximum absolute atomic E-state index is 13.5. The van der Waals surface area contributed by atoms with Gasteiger partial charge in [0.05, 0.1) is 11.7 Å². The van der Waals surface area contributed by atoms with Crippen LogP contribution in [0.25, 0.3) is 22.2 Å². The Balaban J connectivity index is 1.57. The lowest BCUT2D eigenvalue weighted by molar-refractivity contribution is 0.0710. The summed E-state index contributed by atoms with van der Waals surface area (Å²) in [7, 11) is 0. The minimum Gasteiger partial charge on any atom is -0.381 e. The van der Waals surface area contributed by atoms with Crippen LogP contribution in [0.1, 0.15) is 53.7 Å². The lowest BCUT2D eigenvalue weighted by atomic mass is 9.93. The molecule has 1 aliphatic rings. The van der Waals surface area contributed by atoms with Crippen LogP contribution < -0.4 is 0 Å². The van der Waals surface area contributed by atoms with E-state index in [1.807, 2.05) is 29.2 Å². The van der Waals surface area contributed by atoms with Gasteiger partial charge in [0.15, 0.2) is 0 Å². The Morgan fingerprint density at radius 1 is 0.879 bits per heavy atom. The molecule has 0 bridgehead atoms. The number of hydrogen-bond donors (Lipinski definition) is 1. The molecule has 1 aliphatic heterocycles. The van der Waals surface area contributed by atoms with E-state index in [9.17, 15) is 4.79 Å². The van der Waals surface area contributed by atoms with Crippen molar-refractivity contribution in [2.45, 2.75) is 32.2 Å². The van der Waals surface area contributed by atoms with E-state index in [1.54, 1.807) is 0 Å². The van der Waals surface area contributed by atoms with Gasteiger partial charge < -0.3 is 14.6 Å². The summed E-state index contributed by atoms with van der Waals surface area (Å²) in [5.41, 5.74) is 6.35. The maximum Gasteiger partial charge on any atom is 0.255 e. The van der Waals surface area contributed by atoms with Crippen molar-refractivity contribution in [2.75, 3.05) is 19.8 Å². The summed E-state index contributed by atoms with van der Waals surface area (Å²) >= 11 is 0. The quantitative estimate of drug-likeness (QED) is 0.300. The van der Waals surface area contributed by atoms with Crippen molar-refractivity contribution in [3.8, 4) is 11.3 Å². The Kier molecular flexibility index (Phi) is 6.27. The van der Waals surface area contributed by atoms with Gasteiger partial charge in [0.2, 0.25) is 0 Å². The topological polar surface area (TPSA) is 45.3 Å². The molecule has 168 valence electrons. The molecule has 0 saturated carbocycles. The number of aromatic nitrogens is 1. The molecule has 0 spiro atoms. The molecule has 4 aromatic rings. The molecule has 4 heteroatoms. The zero-order valence-electron chi connectivity index (χ0n) is 19.1. The Morgan fingerprint density at radius 3 is 2.45 bits per heavy atom. The van der Waals surface area contributed by atoms with Gasteiger partial charge in [-0.25, -0.2) is 0 Å². The highest BCUT2D eigenvalue weighted by Gasteiger charge is 2.39. The number of carbonyl (C=O) groups is 1. The number of nitrogens with zero attached hydrogens (tertiary/aromatic N) is 1. The van der Waals surface area contributed by atoms with Crippen LogP contribution >= 0.6 is 0 Å². The minimum atomic E-state index is -0.129. The van der Waals surface area contributed by atoms with Crippen molar-refractivity contribution < 1.29 is 9.53 Å². The Bertz CT molecular complexity index is 1240. The molecule has 1 aromatic heterocycles. The summed E-state index contributed by atoms with van der Waals surface area (Å²) < 4.78 is 5.79. The van der Waals surface area contributed by atoms with E-state index in [1.165, 1.54) is 5.56 Å². The number of hydrogen-bond acceptors (Lipinski definition) is 2. The number of unbranched alkanes of at least 4 members (excludes halogenated alkanes) is 1. The first-order valence-electron chi connectivity index (χ1n) is 11.9. The number of nitrogens with one attached hydrogen (secondary N) is 1. The SMILES string of the molecule is CCCCOCCCN1C(=O)c2ccccc2C1c1c(-c2ccccc2)[nH]c2ccccc12. The first-order chi connectivity index (χ1) is 16.3. The second-order valence-corrected chi connectivity index (χ2v) is 8.63. The van der Waals surface area contributed by atoms with E-state index in [4.69, 9.17) is 4.74 Å². The first-order valence-corrected chi connectivity index (χ1v) is 11.9. The Labute approximate surface area is 195 Å². The number of carbonyl (C=O) groups excluding carboxylic acids is 1. The second kappa shape index (κ2) is 9.63. The molecule has 1 amide bonds. The molecule has 4 nitrogen and oxygen atoms in total. The fraction of sp³-hybridized carbons (Fsp3) is 0.276. The normalized spacial score (nSPS) is 15.4. The fourth-order valence-electron chi connectivity index (χ4n) is 4.88. The van der Waals surface area contributed by atoms with Crippen LogP contribution in [0.3, 0.4) is 0 Å². The van der Waals surface area contributed by atoms with Crippen LogP contribution in [-0.4, -0.2) is 35.5 Å². The molecule has 0 fully saturated rings. The van der Waals surface area contributed by atoms with Crippen molar-refractivity contribution in [1.29, 1.82) is 0 Å². The molecular weight excluding hydrogens is 408 g/mol. The average molecular weight is 439 g/mol. The number of benzene rings is 3. The van der Waals surface area contributed by atoms with Gasteiger partial charge in [-0.15, -0.1) is 0 Å². The number of rotatable bonds is 9. The molecule has 1 unspecified atom stereocenters. The highest BCUT2D eigenvalue weighted by Crippen LogP contribution is 2.45. The van der Waals surface area contributed by atoms with E-state index >= 15 is 0 Å². The largest absolute Gasteiger partial charge is 0.381 e. The van der Waals surface area contributed by atoms with Crippen molar-refractivity contribution in [2.24, 2.45) is 0 Å². The third-order valence-corrected chi connectivity index (χ3v) is 6.47. The summed E-state index contributed by atoms with van der Waals surface area (Å²) in [4.78, 5) is 19.2. The van der Waals surface area contributed by atoms with Gasteiger partial charge in [-0.05, 0) is 36.1 Å². The van der Waals surface area contributed by atoms with Gasteiger partial charge in [0, 0.05) is 41.8 Å². The average Bonchev–Trinajstić information content (AvgIpc) is 3.37. The Hall–Kier alpha value is -3.37. The molecular formula is C29H30N2O2. The number of H-pyrrole nitrogens is 1. The fourth-order valence-corrected chi connectivity index (χ4v) is 4.88. The molecule has 0 saturated heterocycles. The zero-order chi connectivity index (χ0) is 22.6. The van der Waals surface area contributed by atoms with Crippen LogP contribution in [0.4, 0.5) is 0 Å². The molecule has 3 aromatic carbocycles. The van der Waals surface area contributed by atoms with Gasteiger partial charge in [-0.2, -0.15) is 0 Å². The molecule has 1 atom stereocenters. The molecule has 5 rings (SSSR count). The number of para-hydroxylation sites is 1. The van der Waals surface area contributed by atoms with Crippen molar-refractivity contribution >= 4 is 16.8 Å². The van der Waals surface area contributed by atoms with Gasteiger partial charge in [0.1, 0.15) is 0 Å². The van der Waals surface area contributed by atoms with Crippen LogP contribution in [0.15, 0.2) is 78.9 Å². The van der Waals surface area contributed by atoms with E-state index < -0.39 is 0 Å². The van der Waals surface area contributed by atoms with E-state index in [2.05, 4.69) is 66.5 Å². The summed E-state index contributed by atoms with van der Waals surface area (Å²) in [6.07, 6.45) is 3.03. The summed E-state index contributed by atoms with van der Waals surface area (Å²) in [5, 5.41) is 1.16. The predicted molar refractivity (Wildman–Crippen MR) is 133 cm³/mol. The highest BCUT2D eigenvalue weighted by atomic mass is 16.5. The third-order valence-electron chi connectivity index (χ3n) is 6.47. The van der Waals surface area contributed by atoms with E-state index in [0.717, 1.165) is 59.2 Å². The van der Waals surface area contributed by atoms with Gasteiger partial charge in [-0.3, -0.25) is 4.79 Å². The van der Waals surface area contributed by atoms with Gasteiger partial charge in [0.25, 0.3) is 5.91 Å². The number of amides is 1. The standard InChI is InChI=1S/C29H30N2O2/c1-2-3-19-33-20-11-18-31-28(22-14-7-8-15-23(22)29(31)32)26-24-16-9-10-17-25(24)30-27(26)21-12-5-4-6-13-21/h4-10,12-17,28,30H,2-3,11,18-20H2,1H3. The van der Waals surface area contributed by atoms with Crippen molar-refractivity contribution in [3.05, 3.63) is 95.6 Å². The highest BCUT2D eigenvalue weighted by molar-refractivity contribution is 6.02. The first kappa shape index (κ1) is 21.5. The number of fused-ring (bicyclic) bond motifs is 2. The van der Waals surface area contributed by atoms with Crippen molar-refractivity contribution in [3.63, 3.8) is 0 Å². The molecule has 33 heavy (non-hydrogen) atoms. The lowest BCUT2D eigenvalue weighted by Crippen LogP contribution is -2.30. The van der Waals surface area contributed by atoms with Crippen LogP contribution in [-0.2, 0) is 4.74 Å². The van der Waals surface area contributed by atoms with Crippen LogP contribution in [0.2, 0.25) is 0 Å². The molecule has 0 radical (unpaired) electrons. The minimum absolute atomic E-state index is 0.105. The third kappa shape index (κ3) is 4.07. The van der Waals surface area contributed by atoms with Gasteiger partial charge >= 0.3 is 0 Å². The molecule has 0 aliphatic carbocycles. The second-order valence-electron chi connectivity index (χ2n) is 8.63. The number of ether oxygens (including phenoxy) is 1. The lowest BCUT2D eigenvalue weighted by Gasteiger charge is -2.27. The summed E-state index contributed by atoms with van der Waals surface area (Å²) in [6.45, 7) is 4.29. The van der Waals surface area contributed by atoms with Crippen LogP contribution in [0, 0.1) is 0 Å². The van der Waals surface area contributed by atoms with Crippen molar-refractivity contribution in [1.82, 2.24) is 9.88 Å².